The van der Waals surface area contributed by atoms with Gasteiger partial charge in [0.25, 0.3) is 0 Å². The van der Waals surface area contributed by atoms with E-state index >= 15 is 0 Å². The number of benzene rings is 1. The predicted octanol–water partition coefficient (Wildman–Crippen LogP) is 1.70. The Labute approximate surface area is 113 Å². The van der Waals surface area contributed by atoms with Crippen molar-refractivity contribution in [2.75, 3.05) is 24.6 Å². The number of anilines is 1. The average Bonchev–Trinajstić information content (AvgIpc) is 2.32. The second-order valence-corrected chi connectivity index (χ2v) is 8.05. The summed E-state index contributed by atoms with van der Waals surface area (Å²) in [6, 6.07) is 4.94. The third-order valence-corrected chi connectivity index (χ3v) is 6.09. The van der Waals surface area contributed by atoms with E-state index in [2.05, 4.69) is 6.92 Å². The molecule has 4 nitrogen and oxygen atoms in total. The highest BCUT2D eigenvalue weighted by Crippen LogP contribution is 2.25. The lowest BCUT2D eigenvalue weighted by atomic mass is 10.2. The number of hydrogen-bond acceptors (Lipinski definition) is 4. The Morgan fingerprint density at radius 1 is 1.44 bits per heavy atom. The molecule has 100 valence electrons. The van der Waals surface area contributed by atoms with Crippen molar-refractivity contribution in [3.63, 3.8) is 0 Å². The van der Waals surface area contributed by atoms with Gasteiger partial charge in [-0.2, -0.15) is 16.1 Å². The Hall–Kier alpha value is -0.720. The predicted molar refractivity (Wildman–Crippen MR) is 76.3 cm³/mol. The number of hydrogen-bond donors (Lipinski definition) is 1. The van der Waals surface area contributed by atoms with Crippen LogP contribution >= 0.6 is 11.8 Å². The molecule has 2 rings (SSSR count). The Balaban J connectivity index is 2.32. The quantitative estimate of drug-likeness (QED) is 0.841. The van der Waals surface area contributed by atoms with Crippen molar-refractivity contribution in [2.45, 2.75) is 24.0 Å². The maximum Gasteiger partial charge on any atom is 0.243 e. The Morgan fingerprint density at radius 2 is 2.17 bits per heavy atom. The van der Waals surface area contributed by atoms with E-state index in [0.29, 0.717) is 28.9 Å². The summed E-state index contributed by atoms with van der Waals surface area (Å²) in [4.78, 5) is 0.296. The van der Waals surface area contributed by atoms with E-state index in [0.717, 1.165) is 11.3 Å². The Morgan fingerprint density at radius 3 is 2.78 bits per heavy atom. The van der Waals surface area contributed by atoms with E-state index in [1.165, 1.54) is 0 Å². The molecule has 1 aliphatic heterocycles. The van der Waals surface area contributed by atoms with Crippen molar-refractivity contribution in [3.8, 4) is 0 Å². The zero-order valence-corrected chi connectivity index (χ0v) is 12.2. The molecule has 1 atom stereocenters. The zero-order valence-electron chi connectivity index (χ0n) is 10.6. The largest absolute Gasteiger partial charge is 0.398 e. The fraction of sp³-hybridized carbons (Fsp3) is 0.500. The van der Waals surface area contributed by atoms with Crippen molar-refractivity contribution in [2.24, 2.45) is 0 Å². The molecule has 1 saturated heterocycles. The van der Waals surface area contributed by atoms with Crippen molar-refractivity contribution in [1.82, 2.24) is 4.31 Å². The summed E-state index contributed by atoms with van der Waals surface area (Å²) in [5.74, 6) is 0.849. The van der Waals surface area contributed by atoms with Crippen LogP contribution in [-0.4, -0.2) is 36.8 Å². The zero-order chi connectivity index (χ0) is 13.3. The Bertz CT molecular complexity index is 543. The molecule has 2 N–H and O–H groups in total. The first-order valence-corrected chi connectivity index (χ1v) is 8.38. The molecular weight excluding hydrogens is 268 g/mol. The van der Waals surface area contributed by atoms with Crippen molar-refractivity contribution < 1.29 is 8.42 Å². The lowest BCUT2D eigenvalue weighted by Gasteiger charge is -2.29. The van der Waals surface area contributed by atoms with Gasteiger partial charge in [0, 0.05) is 29.8 Å². The van der Waals surface area contributed by atoms with E-state index in [-0.39, 0.29) is 0 Å². The number of rotatable bonds is 2. The van der Waals surface area contributed by atoms with Gasteiger partial charge in [0.1, 0.15) is 0 Å². The fourth-order valence-corrected chi connectivity index (χ4v) is 4.72. The van der Waals surface area contributed by atoms with Gasteiger partial charge in [0.2, 0.25) is 10.0 Å². The van der Waals surface area contributed by atoms with Gasteiger partial charge in [-0.3, -0.25) is 0 Å². The average molecular weight is 286 g/mol. The fourth-order valence-electron chi connectivity index (χ4n) is 1.93. The molecular formula is C12H18N2O2S2. The molecule has 0 spiro atoms. The van der Waals surface area contributed by atoms with E-state index in [4.69, 9.17) is 5.73 Å². The SMILES string of the molecule is Cc1ccc(S(=O)(=O)N2CCSC(C)C2)cc1N. The van der Waals surface area contributed by atoms with Gasteiger partial charge >= 0.3 is 0 Å². The highest BCUT2D eigenvalue weighted by molar-refractivity contribution is 8.00. The summed E-state index contributed by atoms with van der Waals surface area (Å²) in [6.45, 7) is 5.06. The van der Waals surface area contributed by atoms with E-state index < -0.39 is 10.0 Å². The maximum atomic E-state index is 12.5. The van der Waals surface area contributed by atoms with Gasteiger partial charge in [0.05, 0.1) is 4.90 Å². The standard InChI is InChI=1S/C12H18N2O2S2/c1-9-3-4-11(7-12(9)13)18(15,16)14-5-6-17-10(2)8-14/h3-4,7,10H,5-6,8,13H2,1-2H3. The summed E-state index contributed by atoms with van der Waals surface area (Å²) in [5.41, 5.74) is 7.21. The smallest absolute Gasteiger partial charge is 0.243 e. The maximum absolute atomic E-state index is 12.5. The molecule has 1 unspecified atom stereocenters. The van der Waals surface area contributed by atoms with Gasteiger partial charge in [-0.25, -0.2) is 8.42 Å². The summed E-state index contributed by atoms with van der Waals surface area (Å²) in [5, 5.41) is 0.344. The molecule has 1 aromatic carbocycles. The van der Waals surface area contributed by atoms with Gasteiger partial charge in [0.15, 0.2) is 0 Å². The normalized spacial score (nSPS) is 22.0. The first kappa shape index (κ1) is 13.7. The molecule has 18 heavy (non-hydrogen) atoms. The van der Waals surface area contributed by atoms with Crippen LogP contribution in [0.15, 0.2) is 23.1 Å². The lowest BCUT2D eigenvalue weighted by Crippen LogP contribution is -2.40. The molecule has 1 aromatic rings. The van der Waals surface area contributed by atoms with Crippen LogP contribution in [0.4, 0.5) is 5.69 Å². The first-order chi connectivity index (χ1) is 8.41. The van der Waals surface area contributed by atoms with Crippen LogP contribution in [0.25, 0.3) is 0 Å². The monoisotopic (exact) mass is 286 g/mol. The van der Waals surface area contributed by atoms with Crippen LogP contribution < -0.4 is 5.73 Å². The van der Waals surface area contributed by atoms with Gasteiger partial charge in [-0.15, -0.1) is 0 Å². The van der Waals surface area contributed by atoms with E-state index in [9.17, 15) is 8.42 Å². The van der Waals surface area contributed by atoms with Crippen molar-refractivity contribution >= 4 is 27.5 Å². The van der Waals surface area contributed by atoms with Crippen LogP contribution in [0.2, 0.25) is 0 Å². The van der Waals surface area contributed by atoms with Gasteiger partial charge in [-0.05, 0) is 24.6 Å². The van der Waals surface area contributed by atoms with Crippen molar-refractivity contribution in [1.29, 1.82) is 0 Å². The summed E-state index contributed by atoms with van der Waals surface area (Å²) in [6.07, 6.45) is 0. The van der Waals surface area contributed by atoms with Crippen LogP contribution in [0.3, 0.4) is 0 Å². The molecule has 1 aliphatic rings. The minimum Gasteiger partial charge on any atom is -0.398 e. The highest BCUT2D eigenvalue weighted by atomic mass is 32.2. The van der Waals surface area contributed by atoms with Crippen LogP contribution in [0.5, 0.6) is 0 Å². The number of nitrogens with zero attached hydrogens (tertiary/aromatic N) is 1. The topological polar surface area (TPSA) is 63.4 Å². The molecule has 1 heterocycles. The molecule has 0 amide bonds. The minimum atomic E-state index is -3.39. The van der Waals surface area contributed by atoms with Crippen LogP contribution in [0, 0.1) is 6.92 Å². The second kappa shape index (κ2) is 5.11. The number of nitrogens with two attached hydrogens (primary N) is 1. The van der Waals surface area contributed by atoms with Crippen LogP contribution in [0.1, 0.15) is 12.5 Å². The highest BCUT2D eigenvalue weighted by Gasteiger charge is 2.29. The summed E-state index contributed by atoms with van der Waals surface area (Å²) in [7, 11) is -3.39. The van der Waals surface area contributed by atoms with Gasteiger partial charge < -0.3 is 5.73 Å². The molecule has 0 saturated carbocycles. The number of thioether (sulfide) groups is 1. The Kier molecular flexibility index (Phi) is 3.89. The molecule has 1 fully saturated rings. The molecule has 0 bridgehead atoms. The third-order valence-electron chi connectivity index (χ3n) is 3.09. The molecule has 0 radical (unpaired) electrons. The van der Waals surface area contributed by atoms with Crippen molar-refractivity contribution in [3.05, 3.63) is 23.8 Å². The second-order valence-electron chi connectivity index (χ2n) is 4.56. The molecule has 6 heteroatoms. The summed E-state index contributed by atoms with van der Waals surface area (Å²) >= 11 is 1.81. The number of sulfonamides is 1. The number of nitrogen functional groups attached to an aromatic ring is 1. The van der Waals surface area contributed by atoms with Gasteiger partial charge in [-0.1, -0.05) is 13.0 Å². The summed E-state index contributed by atoms with van der Waals surface area (Å²) < 4.78 is 26.5. The molecule has 0 aliphatic carbocycles. The number of aryl methyl sites for hydroxylation is 1. The lowest BCUT2D eigenvalue weighted by molar-refractivity contribution is 0.424. The van der Waals surface area contributed by atoms with Crippen LogP contribution in [-0.2, 0) is 10.0 Å². The van der Waals surface area contributed by atoms with E-state index in [1.54, 1.807) is 22.5 Å². The first-order valence-electron chi connectivity index (χ1n) is 5.89. The third kappa shape index (κ3) is 2.65. The van der Waals surface area contributed by atoms with E-state index in [1.807, 2.05) is 18.7 Å². The molecule has 0 aromatic heterocycles. The minimum absolute atomic E-state index is 0.296.